The zero-order valence-corrected chi connectivity index (χ0v) is 14.5. The van der Waals surface area contributed by atoms with Crippen LogP contribution in [0.1, 0.15) is 30.2 Å². The Morgan fingerprint density at radius 1 is 1.12 bits per heavy atom. The Kier molecular flexibility index (Phi) is 5.77. The van der Waals surface area contributed by atoms with Crippen LogP contribution in [-0.2, 0) is 6.54 Å². The molecule has 1 saturated heterocycles. The Bertz CT molecular complexity index is 622. The molecular formula is C19H26N2O3. The second-order valence-corrected chi connectivity index (χ2v) is 6.09. The van der Waals surface area contributed by atoms with E-state index >= 15 is 0 Å². The minimum absolute atomic E-state index is 0.294. The lowest BCUT2D eigenvalue weighted by Gasteiger charge is -2.26. The smallest absolute Gasteiger partial charge is 0.161 e. The number of nitrogens with zero attached hydrogens (tertiary/aromatic N) is 1. The molecule has 1 unspecified atom stereocenters. The second-order valence-electron chi connectivity index (χ2n) is 6.09. The van der Waals surface area contributed by atoms with E-state index in [9.17, 15) is 0 Å². The normalized spacial score (nSPS) is 16.2. The van der Waals surface area contributed by atoms with Crippen molar-refractivity contribution >= 4 is 0 Å². The summed E-state index contributed by atoms with van der Waals surface area (Å²) in [4.78, 5) is 2.50. The number of hydrogen-bond acceptors (Lipinski definition) is 5. The van der Waals surface area contributed by atoms with E-state index in [-0.39, 0.29) is 0 Å². The number of benzene rings is 1. The van der Waals surface area contributed by atoms with Crippen LogP contribution in [0.25, 0.3) is 0 Å². The molecule has 1 N–H and O–H groups in total. The molecule has 0 amide bonds. The van der Waals surface area contributed by atoms with Gasteiger partial charge in [-0.2, -0.15) is 0 Å². The van der Waals surface area contributed by atoms with Crippen LogP contribution in [-0.4, -0.2) is 38.8 Å². The third-order valence-corrected chi connectivity index (χ3v) is 4.57. The van der Waals surface area contributed by atoms with Crippen molar-refractivity contribution in [2.24, 2.45) is 0 Å². The highest BCUT2D eigenvalue weighted by atomic mass is 16.5. The van der Waals surface area contributed by atoms with Crippen molar-refractivity contribution < 1.29 is 13.9 Å². The van der Waals surface area contributed by atoms with E-state index in [0.29, 0.717) is 6.04 Å². The van der Waals surface area contributed by atoms with E-state index < -0.39 is 0 Å². The molecule has 24 heavy (non-hydrogen) atoms. The maximum absolute atomic E-state index is 5.66. The van der Waals surface area contributed by atoms with Gasteiger partial charge in [-0.05, 0) is 55.8 Å². The fraction of sp³-hybridized carbons (Fsp3) is 0.474. The molecule has 1 aromatic heterocycles. The first kappa shape index (κ1) is 16.9. The Labute approximate surface area is 143 Å². The molecule has 0 spiro atoms. The standard InChI is InChI=1S/C19H26N2O3/c1-22-18-8-7-15(12-19(18)23-2)13-20-14-16(17-6-5-11-24-17)21-9-3-4-10-21/h5-8,11-12,16,20H,3-4,9-10,13-14H2,1-2H3. The number of nitrogens with one attached hydrogen (secondary N) is 1. The predicted molar refractivity (Wildman–Crippen MR) is 93.5 cm³/mol. The molecule has 130 valence electrons. The van der Waals surface area contributed by atoms with Gasteiger partial charge in [-0.25, -0.2) is 0 Å². The van der Waals surface area contributed by atoms with Gasteiger partial charge < -0.3 is 19.2 Å². The van der Waals surface area contributed by atoms with E-state index in [1.165, 1.54) is 18.4 Å². The topological polar surface area (TPSA) is 46.9 Å². The summed E-state index contributed by atoms with van der Waals surface area (Å²) in [5, 5.41) is 3.56. The fourth-order valence-corrected chi connectivity index (χ4v) is 3.29. The predicted octanol–water partition coefficient (Wildman–Crippen LogP) is 3.22. The van der Waals surface area contributed by atoms with Crippen LogP contribution in [0.3, 0.4) is 0 Å². The van der Waals surface area contributed by atoms with Crippen molar-refractivity contribution in [2.45, 2.75) is 25.4 Å². The van der Waals surface area contributed by atoms with Gasteiger partial charge >= 0.3 is 0 Å². The lowest BCUT2D eigenvalue weighted by Crippen LogP contribution is -2.33. The van der Waals surface area contributed by atoms with Gasteiger partial charge in [0.1, 0.15) is 5.76 Å². The number of methoxy groups -OCH3 is 2. The number of furan rings is 1. The van der Waals surface area contributed by atoms with Crippen molar-refractivity contribution in [1.82, 2.24) is 10.2 Å². The summed E-state index contributed by atoms with van der Waals surface area (Å²) in [5.74, 6) is 2.56. The van der Waals surface area contributed by atoms with Gasteiger partial charge in [-0.15, -0.1) is 0 Å². The number of likely N-dealkylation sites (tertiary alicyclic amines) is 1. The highest BCUT2D eigenvalue weighted by Crippen LogP contribution is 2.28. The molecule has 2 heterocycles. The second kappa shape index (κ2) is 8.22. The molecule has 5 heteroatoms. The number of hydrogen-bond donors (Lipinski definition) is 1. The van der Waals surface area contributed by atoms with E-state index in [1.807, 2.05) is 18.2 Å². The van der Waals surface area contributed by atoms with Crippen molar-refractivity contribution in [2.75, 3.05) is 33.9 Å². The molecule has 1 fully saturated rings. The first-order chi connectivity index (χ1) is 11.8. The lowest BCUT2D eigenvalue weighted by atomic mass is 10.1. The lowest BCUT2D eigenvalue weighted by molar-refractivity contribution is 0.209. The molecular weight excluding hydrogens is 304 g/mol. The molecule has 5 nitrogen and oxygen atoms in total. The summed E-state index contributed by atoms with van der Waals surface area (Å²) in [7, 11) is 3.31. The minimum Gasteiger partial charge on any atom is -0.493 e. The van der Waals surface area contributed by atoms with Crippen LogP contribution in [0.5, 0.6) is 11.5 Å². The van der Waals surface area contributed by atoms with Crippen LogP contribution in [0.4, 0.5) is 0 Å². The van der Waals surface area contributed by atoms with Gasteiger partial charge in [-0.1, -0.05) is 6.07 Å². The largest absolute Gasteiger partial charge is 0.493 e. The number of ether oxygens (including phenoxy) is 2. The highest BCUT2D eigenvalue weighted by molar-refractivity contribution is 5.42. The Morgan fingerprint density at radius 3 is 2.58 bits per heavy atom. The van der Waals surface area contributed by atoms with Gasteiger partial charge in [-0.3, -0.25) is 4.90 Å². The van der Waals surface area contributed by atoms with Crippen molar-refractivity contribution in [3.8, 4) is 11.5 Å². The molecule has 3 rings (SSSR count). The van der Waals surface area contributed by atoms with E-state index in [1.54, 1.807) is 20.5 Å². The zero-order valence-electron chi connectivity index (χ0n) is 14.5. The Hall–Kier alpha value is -1.98. The van der Waals surface area contributed by atoms with Crippen LogP contribution < -0.4 is 14.8 Å². The minimum atomic E-state index is 0.294. The first-order valence-electron chi connectivity index (χ1n) is 8.51. The molecule has 2 aromatic rings. The maximum Gasteiger partial charge on any atom is 0.161 e. The van der Waals surface area contributed by atoms with Crippen LogP contribution in [0.15, 0.2) is 41.0 Å². The summed E-state index contributed by atoms with van der Waals surface area (Å²) in [6, 6.07) is 10.4. The van der Waals surface area contributed by atoms with Crippen molar-refractivity contribution in [1.29, 1.82) is 0 Å². The first-order valence-corrected chi connectivity index (χ1v) is 8.51. The van der Waals surface area contributed by atoms with E-state index in [0.717, 1.165) is 43.4 Å². The average molecular weight is 330 g/mol. The van der Waals surface area contributed by atoms with Gasteiger partial charge in [0.05, 0.1) is 26.5 Å². The molecule has 1 aliphatic heterocycles. The summed E-state index contributed by atoms with van der Waals surface area (Å²) in [5.41, 5.74) is 1.17. The third kappa shape index (κ3) is 3.91. The van der Waals surface area contributed by atoms with Gasteiger partial charge in [0.2, 0.25) is 0 Å². The molecule has 1 aliphatic rings. The molecule has 0 saturated carbocycles. The summed E-state index contributed by atoms with van der Waals surface area (Å²) in [6.07, 6.45) is 4.30. The summed E-state index contributed by atoms with van der Waals surface area (Å²) >= 11 is 0. The molecule has 1 aromatic carbocycles. The summed E-state index contributed by atoms with van der Waals surface area (Å²) < 4.78 is 16.3. The zero-order chi connectivity index (χ0) is 16.8. The summed E-state index contributed by atoms with van der Waals surface area (Å²) in [6.45, 7) is 3.93. The fourth-order valence-electron chi connectivity index (χ4n) is 3.29. The van der Waals surface area contributed by atoms with Crippen LogP contribution >= 0.6 is 0 Å². The monoisotopic (exact) mass is 330 g/mol. The quantitative estimate of drug-likeness (QED) is 0.805. The average Bonchev–Trinajstić information content (AvgIpc) is 3.32. The van der Waals surface area contributed by atoms with Crippen LogP contribution in [0.2, 0.25) is 0 Å². The number of rotatable bonds is 8. The molecule has 0 aliphatic carbocycles. The SMILES string of the molecule is COc1ccc(CNCC(c2ccco2)N2CCCC2)cc1OC. The van der Waals surface area contributed by atoms with Crippen molar-refractivity contribution in [3.63, 3.8) is 0 Å². The van der Waals surface area contributed by atoms with Gasteiger partial charge in [0, 0.05) is 13.1 Å². The molecule has 1 atom stereocenters. The van der Waals surface area contributed by atoms with Crippen LogP contribution in [0, 0.1) is 0 Å². The maximum atomic E-state index is 5.66. The van der Waals surface area contributed by atoms with Crippen molar-refractivity contribution in [3.05, 3.63) is 47.9 Å². The third-order valence-electron chi connectivity index (χ3n) is 4.57. The molecule has 0 radical (unpaired) electrons. The van der Waals surface area contributed by atoms with Gasteiger partial charge in [0.25, 0.3) is 0 Å². The van der Waals surface area contributed by atoms with Gasteiger partial charge in [0.15, 0.2) is 11.5 Å². The Morgan fingerprint density at radius 2 is 1.92 bits per heavy atom. The van der Waals surface area contributed by atoms with E-state index in [4.69, 9.17) is 13.9 Å². The highest BCUT2D eigenvalue weighted by Gasteiger charge is 2.25. The van der Waals surface area contributed by atoms with E-state index in [2.05, 4.69) is 22.3 Å². The molecule has 0 bridgehead atoms. The Balaban J connectivity index is 1.61.